The maximum atomic E-state index is 13.0. The molecule has 0 aliphatic rings. The van der Waals surface area contributed by atoms with Crippen molar-refractivity contribution in [2.75, 3.05) is 15.4 Å². The van der Waals surface area contributed by atoms with Crippen LogP contribution in [0, 0.1) is 12.7 Å². The standard InChI is InChI=1S/C20H18FN3O2S2/c1-14-2-6-16(7-3-14)22-20(27)23-17-8-10-18(11-9-17)24-28(25,26)19-12-4-15(21)5-13-19/h2-13,24H,1H3,(H2,22,23,27). The van der Waals surface area contributed by atoms with E-state index in [2.05, 4.69) is 15.4 Å². The van der Waals surface area contributed by atoms with Crippen LogP contribution in [0.1, 0.15) is 5.56 Å². The van der Waals surface area contributed by atoms with E-state index in [4.69, 9.17) is 12.2 Å². The smallest absolute Gasteiger partial charge is 0.261 e. The van der Waals surface area contributed by atoms with Gasteiger partial charge in [0, 0.05) is 17.1 Å². The van der Waals surface area contributed by atoms with E-state index in [0.717, 1.165) is 23.4 Å². The van der Waals surface area contributed by atoms with Gasteiger partial charge in [-0.1, -0.05) is 17.7 Å². The van der Waals surface area contributed by atoms with Crippen LogP contribution in [-0.4, -0.2) is 13.5 Å². The summed E-state index contributed by atoms with van der Waals surface area (Å²) in [5.41, 5.74) is 3.11. The Morgan fingerprint density at radius 1 is 0.786 bits per heavy atom. The van der Waals surface area contributed by atoms with E-state index < -0.39 is 15.8 Å². The number of halogens is 1. The monoisotopic (exact) mass is 415 g/mol. The molecule has 0 unspecified atom stereocenters. The van der Waals surface area contributed by atoms with Gasteiger partial charge in [-0.2, -0.15) is 0 Å². The third-order valence-corrected chi connectivity index (χ3v) is 5.43. The highest BCUT2D eigenvalue weighted by atomic mass is 32.2. The molecule has 0 aliphatic heterocycles. The molecule has 0 saturated carbocycles. The molecule has 8 heteroatoms. The zero-order valence-corrected chi connectivity index (χ0v) is 16.6. The van der Waals surface area contributed by atoms with Crippen LogP contribution in [0.3, 0.4) is 0 Å². The molecule has 0 saturated heterocycles. The van der Waals surface area contributed by atoms with E-state index in [1.165, 1.54) is 12.1 Å². The second-order valence-electron chi connectivity index (χ2n) is 6.08. The molecule has 0 aromatic heterocycles. The number of hydrogen-bond acceptors (Lipinski definition) is 3. The normalized spacial score (nSPS) is 10.9. The minimum atomic E-state index is -3.79. The lowest BCUT2D eigenvalue weighted by Crippen LogP contribution is -2.19. The molecule has 0 heterocycles. The Labute approximate surface area is 168 Å². The molecule has 0 bridgehead atoms. The van der Waals surface area contributed by atoms with E-state index in [1.54, 1.807) is 24.3 Å². The summed E-state index contributed by atoms with van der Waals surface area (Å²) in [5, 5.41) is 6.53. The topological polar surface area (TPSA) is 70.2 Å². The van der Waals surface area contributed by atoms with Crippen LogP contribution in [-0.2, 0) is 10.0 Å². The second-order valence-corrected chi connectivity index (χ2v) is 8.17. The van der Waals surface area contributed by atoms with E-state index in [1.807, 2.05) is 31.2 Å². The maximum Gasteiger partial charge on any atom is 0.261 e. The molecule has 3 rings (SSSR count). The third kappa shape index (κ3) is 5.28. The first kappa shape index (κ1) is 19.8. The summed E-state index contributed by atoms with van der Waals surface area (Å²) in [7, 11) is -3.79. The number of nitrogens with one attached hydrogen (secondary N) is 3. The molecule has 0 radical (unpaired) electrons. The van der Waals surface area contributed by atoms with Crippen LogP contribution in [0.2, 0.25) is 0 Å². The van der Waals surface area contributed by atoms with Gasteiger partial charge in [0.05, 0.1) is 4.90 Å². The summed E-state index contributed by atoms with van der Waals surface area (Å²) in [4.78, 5) is -0.0143. The molecule has 3 aromatic carbocycles. The predicted molar refractivity (Wildman–Crippen MR) is 115 cm³/mol. The number of rotatable bonds is 5. The molecular formula is C20H18FN3O2S2. The fourth-order valence-corrected chi connectivity index (χ4v) is 3.67. The van der Waals surface area contributed by atoms with Gasteiger partial charge in [0.2, 0.25) is 0 Å². The number of benzene rings is 3. The van der Waals surface area contributed by atoms with Gasteiger partial charge >= 0.3 is 0 Å². The maximum absolute atomic E-state index is 13.0. The first-order chi connectivity index (χ1) is 13.3. The number of aryl methyl sites for hydroxylation is 1. The molecule has 3 N–H and O–H groups in total. The van der Waals surface area contributed by atoms with E-state index in [-0.39, 0.29) is 4.90 Å². The van der Waals surface area contributed by atoms with Crippen molar-refractivity contribution in [3.63, 3.8) is 0 Å². The molecular weight excluding hydrogens is 397 g/mol. The molecule has 3 aromatic rings. The van der Waals surface area contributed by atoms with Crippen LogP contribution >= 0.6 is 12.2 Å². The van der Waals surface area contributed by atoms with Crippen LogP contribution < -0.4 is 15.4 Å². The molecule has 0 atom stereocenters. The van der Waals surface area contributed by atoms with E-state index >= 15 is 0 Å². The first-order valence-electron chi connectivity index (χ1n) is 8.35. The Morgan fingerprint density at radius 2 is 1.25 bits per heavy atom. The Bertz CT molecular complexity index is 1070. The summed E-state index contributed by atoms with van der Waals surface area (Å²) in [5.74, 6) is -0.496. The van der Waals surface area contributed by atoms with Crippen molar-refractivity contribution in [3.8, 4) is 0 Å². The van der Waals surface area contributed by atoms with E-state index in [9.17, 15) is 12.8 Å². The average molecular weight is 416 g/mol. The third-order valence-electron chi connectivity index (χ3n) is 3.83. The minimum absolute atomic E-state index is 0.0143. The molecule has 28 heavy (non-hydrogen) atoms. The van der Waals surface area contributed by atoms with Gasteiger partial charge in [-0.05, 0) is 79.8 Å². The van der Waals surface area contributed by atoms with Crippen molar-refractivity contribution in [3.05, 3.63) is 84.2 Å². The zero-order chi connectivity index (χ0) is 20.1. The first-order valence-corrected chi connectivity index (χ1v) is 10.2. The van der Waals surface area contributed by atoms with Gasteiger partial charge in [0.15, 0.2) is 5.11 Å². The van der Waals surface area contributed by atoms with Crippen LogP contribution in [0.15, 0.2) is 77.7 Å². The highest BCUT2D eigenvalue weighted by Crippen LogP contribution is 2.19. The Balaban J connectivity index is 1.62. The lowest BCUT2D eigenvalue weighted by Gasteiger charge is -2.12. The summed E-state index contributed by atoms with van der Waals surface area (Å²) in [6, 6.07) is 19.1. The molecule has 144 valence electrons. The fraction of sp³-hybridized carbons (Fsp3) is 0.0500. The van der Waals surface area contributed by atoms with Gasteiger partial charge in [-0.3, -0.25) is 4.72 Å². The molecule has 0 spiro atoms. The van der Waals surface area contributed by atoms with Gasteiger partial charge in [0.25, 0.3) is 10.0 Å². The largest absolute Gasteiger partial charge is 0.332 e. The summed E-state index contributed by atoms with van der Waals surface area (Å²) in [6.45, 7) is 2.01. The lowest BCUT2D eigenvalue weighted by molar-refractivity contribution is 0.599. The summed E-state index contributed by atoms with van der Waals surface area (Å²) in [6.07, 6.45) is 0. The van der Waals surface area contributed by atoms with Crippen molar-refractivity contribution >= 4 is 44.4 Å². The Morgan fingerprint density at radius 3 is 1.79 bits per heavy atom. The fourth-order valence-electron chi connectivity index (χ4n) is 2.38. The van der Waals surface area contributed by atoms with Gasteiger partial charge in [-0.15, -0.1) is 0 Å². The SMILES string of the molecule is Cc1ccc(NC(=S)Nc2ccc(NS(=O)(=O)c3ccc(F)cc3)cc2)cc1. The highest BCUT2D eigenvalue weighted by molar-refractivity contribution is 7.92. The highest BCUT2D eigenvalue weighted by Gasteiger charge is 2.14. The van der Waals surface area contributed by atoms with Crippen LogP contribution in [0.5, 0.6) is 0 Å². The van der Waals surface area contributed by atoms with E-state index in [0.29, 0.717) is 16.5 Å². The Kier molecular flexibility index (Phi) is 5.91. The molecule has 0 fully saturated rings. The van der Waals surface area contributed by atoms with Crippen LogP contribution in [0.4, 0.5) is 21.5 Å². The number of hydrogen-bond donors (Lipinski definition) is 3. The number of thiocarbonyl (C=S) groups is 1. The molecule has 0 aliphatic carbocycles. The zero-order valence-electron chi connectivity index (χ0n) is 14.9. The summed E-state index contributed by atoms with van der Waals surface area (Å²) < 4.78 is 40.1. The summed E-state index contributed by atoms with van der Waals surface area (Å²) >= 11 is 5.28. The Hall–Kier alpha value is -2.97. The van der Waals surface area contributed by atoms with Crippen molar-refractivity contribution < 1.29 is 12.8 Å². The van der Waals surface area contributed by atoms with Gasteiger partial charge in [0.1, 0.15) is 5.82 Å². The average Bonchev–Trinajstić information content (AvgIpc) is 2.65. The van der Waals surface area contributed by atoms with Crippen molar-refractivity contribution in [1.29, 1.82) is 0 Å². The number of anilines is 3. The molecule has 5 nitrogen and oxygen atoms in total. The van der Waals surface area contributed by atoms with Crippen LogP contribution in [0.25, 0.3) is 0 Å². The second kappa shape index (κ2) is 8.37. The van der Waals surface area contributed by atoms with Crippen molar-refractivity contribution in [1.82, 2.24) is 0 Å². The van der Waals surface area contributed by atoms with Crippen molar-refractivity contribution in [2.24, 2.45) is 0 Å². The van der Waals surface area contributed by atoms with Gasteiger partial charge in [-0.25, -0.2) is 12.8 Å². The quantitative estimate of drug-likeness (QED) is 0.525. The minimum Gasteiger partial charge on any atom is -0.332 e. The lowest BCUT2D eigenvalue weighted by atomic mass is 10.2. The van der Waals surface area contributed by atoms with Gasteiger partial charge < -0.3 is 10.6 Å². The van der Waals surface area contributed by atoms with Crippen molar-refractivity contribution in [2.45, 2.75) is 11.8 Å². The molecule has 0 amide bonds. The predicted octanol–water partition coefficient (Wildman–Crippen LogP) is 4.74. The number of sulfonamides is 1.